The van der Waals surface area contributed by atoms with Crippen LogP contribution in [0.4, 0.5) is 0 Å². The molecular formula is C15H29NO2. The average Bonchev–Trinajstić information content (AvgIpc) is 2.24. The van der Waals surface area contributed by atoms with Crippen molar-refractivity contribution < 1.29 is 9.53 Å². The molecular weight excluding hydrogens is 226 g/mol. The quantitative estimate of drug-likeness (QED) is 0.784. The van der Waals surface area contributed by atoms with Crippen LogP contribution in [0.15, 0.2) is 0 Å². The van der Waals surface area contributed by atoms with Crippen molar-refractivity contribution in [3.8, 4) is 0 Å². The highest BCUT2D eigenvalue weighted by atomic mass is 16.5. The molecule has 0 aliphatic heterocycles. The molecule has 0 radical (unpaired) electrons. The molecule has 2 N–H and O–H groups in total. The zero-order valence-corrected chi connectivity index (χ0v) is 12.2. The fraction of sp³-hybridized carbons (Fsp3) is 0.933. The molecule has 1 unspecified atom stereocenters. The average molecular weight is 255 g/mol. The van der Waals surface area contributed by atoms with Crippen LogP contribution in [-0.2, 0) is 9.53 Å². The molecule has 0 heterocycles. The van der Waals surface area contributed by atoms with Crippen molar-refractivity contribution in [2.45, 2.75) is 70.8 Å². The number of rotatable bonds is 4. The van der Waals surface area contributed by atoms with E-state index in [0.717, 1.165) is 0 Å². The van der Waals surface area contributed by atoms with Crippen LogP contribution in [-0.4, -0.2) is 18.6 Å². The first kappa shape index (κ1) is 15.5. The predicted molar refractivity (Wildman–Crippen MR) is 74.2 cm³/mol. The van der Waals surface area contributed by atoms with Gasteiger partial charge in [-0.15, -0.1) is 0 Å². The summed E-state index contributed by atoms with van der Waals surface area (Å²) in [6.07, 6.45) is 9.45. The molecule has 1 aliphatic carbocycles. The minimum absolute atomic E-state index is 0.124. The zero-order chi connectivity index (χ0) is 13.6. The number of ether oxygens (including phenoxy) is 1. The molecule has 1 atom stereocenters. The molecule has 0 aromatic rings. The third kappa shape index (κ3) is 4.97. The van der Waals surface area contributed by atoms with Crippen molar-refractivity contribution in [3.05, 3.63) is 0 Å². The van der Waals surface area contributed by atoms with Gasteiger partial charge in [-0.1, -0.05) is 44.9 Å². The van der Waals surface area contributed by atoms with Crippen molar-refractivity contribution in [1.29, 1.82) is 0 Å². The van der Waals surface area contributed by atoms with E-state index in [9.17, 15) is 4.79 Å². The summed E-state index contributed by atoms with van der Waals surface area (Å²) in [5.74, 6) is 0.688. The van der Waals surface area contributed by atoms with Crippen LogP contribution < -0.4 is 5.73 Å². The van der Waals surface area contributed by atoms with E-state index in [1.165, 1.54) is 52.1 Å². The molecule has 1 rings (SSSR count). The Hall–Kier alpha value is -0.570. The normalized spacial score (nSPS) is 20.9. The summed E-state index contributed by atoms with van der Waals surface area (Å²) in [5.41, 5.74) is 5.99. The third-order valence-corrected chi connectivity index (χ3v) is 4.29. The Morgan fingerprint density at radius 2 is 1.72 bits per heavy atom. The lowest BCUT2D eigenvalue weighted by Crippen LogP contribution is -2.46. The summed E-state index contributed by atoms with van der Waals surface area (Å²) >= 11 is 0. The summed E-state index contributed by atoms with van der Waals surface area (Å²) in [7, 11) is 1.46. The number of carbonyl (C=O) groups excluding carboxylic acids is 1. The zero-order valence-electron chi connectivity index (χ0n) is 12.2. The topological polar surface area (TPSA) is 52.3 Å². The highest BCUT2D eigenvalue weighted by Crippen LogP contribution is 2.35. The van der Waals surface area contributed by atoms with Crippen LogP contribution in [0, 0.1) is 11.8 Å². The van der Waals surface area contributed by atoms with Crippen molar-refractivity contribution in [3.63, 3.8) is 0 Å². The fourth-order valence-corrected chi connectivity index (χ4v) is 3.19. The summed E-state index contributed by atoms with van der Waals surface area (Å²) in [6.45, 7) is 4.08. The number of methoxy groups -OCH3 is 1. The van der Waals surface area contributed by atoms with E-state index < -0.39 is 0 Å². The van der Waals surface area contributed by atoms with Crippen molar-refractivity contribution >= 4 is 5.97 Å². The van der Waals surface area contributed by atoms with E-state index in [2.05, 4.69) is 0 Å². The van der Waals surface area contributed by atoms with Gasteiger partial charge in [-0.2, -0.15) is 0 Å². The number of esters is 1. The summed E-state index contributed by atoms with van der Waals surface area (Å²) < 4.78 is 4.83. The van der Waals surface area contributed by atoms with Gasteiger partial charge in [-0.3, -0.25) is 4.79 Å². The number of hydrogen-bond acceptors (Lipinski definition) is 3. The highest BCUT2D eigenvalue weighted by molar-refractivity contribution is 5.69. The van der Waals surface area contributed by atoms with Crippen LogP contribution in [0.25, 0.3) is 0 Å². The fourth-order valence-electron chi connectivity index (χ4n) is 3.19. The van der Waals surface area contributed by atoms with Crippen LogP contribution in [0.5, 0.6) is 0 Å². The van der Waals surface area contributed by atoms with E-state index in [1.54, 1.807) is 0 Å². The number of nitrogens with two attached hydrogens (primary N) is 1. The minimum Gasteiger partial charge on any atom is -0.469 e. The first-order chi connectivity index (χ1) is 8.45. The summed E-state index contributed by atoms with van der Waals surface area (Å²) in [6, 6.07) is 0. The van der Waals surface area contributed by atoms with Crippen LogP contribution >= 0.6 is 0 Å². The number of hydrogen-bond donors (Lipinski definition) is 1. The molecule has 3 heteroatoms. The Bertz CT molecular complexity index is 250. The lowest BCUT2D eigenvalue weighted by molar-refractivity contribution is -0.143. The van der Waals surface area contributed by atoms with E-state index in [4.69, 9.17) is 10.5 Å². The first-order valence-electron chi connectivity index (χ1n) is 7.31. The van der Waals surface area contributed by atoms with Gasteiger partial charge in [0.2, 0.25) is 0 Å². The Morgan fingerprint density at radius 3 is 2.17 bits per heavy atom. The maximum absolute atomic E-state index is 11.6. The molecule has 0 bridgehead atoms. The van der Waals surface area contributed by atoms with Crippen molar-refractivity contribution in [2.24, 2.45) is 17.6 Å². The van der Waals surface area contributed by atoms with Gasteiger partial charge in [-0.25, -0.2) is 0 Å². The second-order valence-electron chi connectivity index (χ2n) is 6.31. The van der Waals surface area contributed by atoms with E-state index in [-0.39, 0.29) is 17.4 Å². The van der Waals surface area contributed by atoms with Crippen LogP contribution in [0.3, 0.4) is 0 Å². The minimum atomic E-state index is -0.307. The van der Waals surface area contributed by atoms with Crippen LogP contribution in [0.2, 0.25) is 0 Å². The molecule has 0 amide bonds. The van der Waals surface area contributed by atoms with Gasteiger partial charge in [-0.05, 0) is 25.7 Å². The molecule has 18 heavy (non-hydrogen) atoms. The second-order valence-corrected chi connectivity index (χ2v) is 6.31. The van der Waals surface area contributed by atoms with Gasteiger partial charge in [0.05, 0.1) is 13.5 Å². The molecule has 0 saturated heterocycles. The maximum Gasteiger partial charge on any atom is 0.305 e. The lowest BCUT2D eigenvalue weighted by atomic mass is 9.71. The summed E-state index contributed by atoms with van der Waals surface area (Å²) in [4.78, 5) is 11.6. The Kier molecular flexibility index (Phi) is 6.13. The molecule has 0 aromatic carbocycles. The maximum atomic E-state index is 11.6. The van der Waals surface area contributed by atoms with E-state index >= 15 is 0 Å². The molecule has 1 saturated carbocycles. The standard InChI is InChI=1S/C15H29NO2/c1-15(2,16)13(11-14(17)18-3)12-9-7-5-4-6-8-10-12/h12-13H,4-11,16H2,1-3H3. The van der Waals surface area contributed by atoms with E-state index in [1.807, 2.05) is 13.8 Å². The molecule has 1 aliphatic rings. The Labute approximate surface area is 111 Å². The van der Waals surface area contributed by atoms with Crippen molar-refractivity contribution in [1.82, 2.24) is 0 Å². The Balaban J connectivity index is 2.70. The monoisotopic (exact) mass is 255 g/mol. The van der Waals surface area contributed by atoms with Gasteiger partial charge < -0.3 is 10.5 Å². The Morgan fingerprint density at radius 1 is 1.22 bits per heavy atom. The van der Waals surface area contributed by atoms with Gasteiger partial charge in [0.25, 0.3) is 0 Å². The van der Waals surface area contributed by atoms with Crippen LogP contribution in [0.1, 0.15) is 65.2 Å². The largest absolute Gasteiger partial charge is 0.469 e. The van der Waals surface area contributed by atoms with E-state index in [0.29, 0.717) is 12.3 Å². The third-order valence-electron chi connectivity index (χ3n) is 4.29. The SMILES string of the molecule is COC(=O)CC(C1CCCCCCC1)C(C)(C)N. The molecule has 3 nitrogen and oxygen atoms in total. The molecule has 1 fully saturated rings. The number of carbonyl (C=O) groups is 1. The second kappa shape index (κ2) is 7.13. The lowest BCUT2D eigenvalue weighted by Gasteiger charge is -2.37. The molecule has 0 aromatic heterocycles. The highest BCUT2D eigenvalue weighted by Gasteiger charge is 2.34. The van der Waals surface area contributed by atoms with Gasteiger partial charge in [0.1, 0.15) is 0 Å². The smallest absolute Gasteiger partial charge is 0.305 e. The summed E-state index contributed by atoms with van der Waals surface area (Å²) in [5, 5.41) is 0. The van der Waals surface area contributed by atoms with Gasteiger partial charge in [0.15, 0.2) is 0 Å². The van der Waals surface area contributed by atoms with Gasteiger partial charge in [0, 0.05) is 5.54 Å². The molecule has 106 valence electrons. The first-order valence-corrected chi connectivity index (χ1v) is 7.31. The van der Waals surface area contributed by atoms with Gasteiger partial charge >= 0.3 is 5.97 Å². The van der Waals surface area contributed by atoms with Crippen molar-refractivity contribution in [2.75, 3.05) is 7.11 Å². The molecule has 0 spiro atoms. The predicted octanol–water partition coefficient (Wildman–Crippen LogP) is 3.26.